The van der Waals surface area contributed by atoms with Crippen LogP contribution in [0.3, 0.4) is 0 Å². The van der Waals surface area contributed by atoms with Crippen LogP contribution in [0.25, 0.3) is 0 Å². The number of hydrogen-bond acceptors (Lipinski definition) is 2. The fourth-order valence-corrected chi connectivity index (χ4v) is 2.03. The van der Waals surface area contributed by atoms with Gasteiger partial charge in [0.2, 0.25) is 5.91 Å². The first-order valence-corrected chi connectivity index (χ1v) is 6.94. The van der Waals surface area contributed by atoms with Gasteiger partial charge in [-0.15, -0.1) is 0 Å². The van der Waals surface area contributed by atoms with Gasteiger partial charge in [-0.3, -0.25) is 9.89 Å². The number of nitrogens with one attached hydrogen (secondary N) is 2. The second-order valence-electron chi connectivity index (χ2n) is 5.13. The fourth-order valence-electron chi connectivity index (χ4n) is 2.03. The van der Waals surface area contributed by atoms with E-state index in [2.05, 4.69) is 43.2 Å². The zero-order valence-corrected chi connectivity index (χ0v) is 11.9. The molecule has 0 aromatic carbocycles. The lowest BCUT2D eigenvalue weighted by Gasteiger charge is -2.13. The van der Waals surface area contributed by atoms with Gasteiger partial charge in [-0.05, 0) is 18.8 Å². The largest absolute Gasteiger partial charge is 0.309 e. The molecule has 0 unspecified atom stereocenters. The lowest BCUT2D eigenvalue weighted by atomic mass is 9.97. The topological polar surface area (TPSA) is 57.8 Å². The van der Waals surface area contributed by atoms with Crippen molar-refractivity contribution in [2.24, 2.45) is 5.92 Å². The molecule has 0 aliphatic rings. The van der Waals surface area contributed by atoms with E-state index in [1.165, 1.54) is 0 Å². The summed E-state index contributed by atoms with van der Waals surface area (Å²) in [5.74, 6) is 1.24. The summed E-state index contributed by atoms with van der Waals surface area (Å²) < 4.78 is 0. The van der Waals surface area contributed by atoms with Gasteiger partial charge in [0.25, 0.3) is 0 Å². The first-order chi connectivity index (χ1) is 8.58. The maximum atomic E-state index is 12.1. The Bertz CT molecular complexity index is 365. The van der Waals surface area contributed by atoms with Crippen molar-refractivity contribution in [1.82, 2.24) is 10.2 Å². The standard InChI is InChI=1S/C14H25N3O/c1-5-7-11(8-6-2)14(18)15-13-9-12(10(3)4)16-17-13/h9-11H,5-8H2,1-4H3,(H2,15,16,17,18). The molecule has 0 aliphatic heterocycles. The molecule has 18 heavy (non-hydrogen) atoms. The number of nitrogens with zero attached hydrogens (tertiary/aromatic N) is 1. The van der Waals surface area contributed by atoms with Gasteiger partial charge in [-0.25, -0.2) is 0 Å². The molecule has 0 atom stereocenters. The summed E-state index contributed by atoms with van der Waals surface area (Å²) in [5, 5.41) is 9.98. The lowest BCUT2D eigenvalue weighted by Crippen LogP contribution is -2.22. The van der Waals surface area contributed by atoms with Crippen LogP contribution in [-0.4, -0.2) is 16.1 Å². The van der Waals surface area contributed by atoms with E-state index in [0.717, 1.165) is 31.4 Å². The van der Waals surface area contributed by atoms with Crippen molar-refractivity contribution in [3.8, 4) is 0 Å². The second-order valence-corrected chi connectivity index (χ2v) is 5.13. The number of aromatic nitrogens is 2. The molecule has 2 N–H and O–H groups in total. The van der Waals surface area contributed by atoms with Gasteiger partial charge in [0, 0.05) is 17.7 Å². The quantitative estimate of drug-likeness (QED) is 0.776. The van der Waals surface area contributed by atoms with Crippen LogP contribution in [0.2, 0.25) is 0 Å². The average Bonchev–Trinajstić information content (AvgIpc) is 2.77. The highest BCUT2D eigenvalue weighted by molar-refractivity contribution is 5.91. The first-order valence-electron chi connectivity index (χ1n) is 6.94. The maximum Gasteiger partial charge on any atom is 0.228 e. The van der Waals surface area contributed by atoms with Crippen molar-refractivity contribution in [1.29, 1.82) is 0 Å². The van der Waals surface area contributed by atoms with Crippen molar-refractivity contribution < 1.29 is 4.79 Å². The lowest BCUT2D eigenvalue weighted by molar-refractivity contribution is -0.120. The Kier molecular flexibility index (Phi) is 5.89. The zero-order valence-electron chi connectivity index (χ0n) is 11.9. The van der Waals surface area contributed by atoms with Gasteiger partial charge in [0.05, 0.1) is 0 Å². The van der Waals surface area contributed by atoms with E-state index in [9.17, 15) is 4.79 Å². The Balaban J connectivity index is 2.60. The smallest absolute Gasteiger partial charge is 0.228 e. The van der Waals surface area contributed by atoms with Gasteiger partial charge in [0.1, 0.15) is 0 Å². The molecule has 1 aromatic heterocycles. The third-order valence-corrected chi connectivity index (χ3v) is 3.12. The molecule has 4 heteroatoms. The van der Waals surface area contributed by atoms with Crippen LogP contribution in [0.1, 0.15) is 65.0 Å². The number of carbonyl (C=O) groups is 1. The summed E-state index contributed by atoms with van der Waals surface area (Å²) in [4.78, 5) is 12.1. The van der Waals surface area contributed by atoms with Crippen molar-refractivity contribution in [3.63, 3.8) is 0 Å². The molecule has 0 radical (unpaired) electrons. The number of H-pyrrole nitrogens is 1. The summed E-state index contributed by atoms with van der Waals surface area (Å²) in [6.07, 6.45) is 3.97. The van der Waals surface area contributed by atoms with Gasteiger partial charge in [0.15, 0.2) is 5.82 Å². The predicted octanol–water partition coefficient (Wildman–Crippen LogP) is 3.69. The summed E-state index contributed by atoms with van der Waals surface area (Å²) >= 11 is 0. The van der Waals surface area contributed by atoms with E-state index < -0.39 is 0 Å². The first kappa shape index (κ1) is 14.7. The SMILES string of the molecule is CCCC(CCC)C(=O)Nc1cc(C(C)C)[nH]n1. The average molecular weight is 251 g/mol. The van der Waals surface area contributed by atoms with E-state index >= 15 is 0 Å². The molecule has 0 bridgehead atoms. The van der Waals surface area contributed by atoms with Crippen molar-refractivity contribution in [2.75, 3.05) is 5.32 Å². The van der Waals surface area contributed by atoms with Gasteiger partial charge >= 0.3 is 0 Å². The van der Waals surface area contributed by atoms with Gasteiger partial charge < -0.3 is 5.32 Å². The Morgan fingerprint density at radius 3 is 2.39 bits per heavy atom. The Morgan fingerprint density at radius 2 is 1.94 bits per heavy atom. The highest BCUT2D eigenvalue weighted by atomic mass is 16.1. The maximum absolute atomic E-state index is 12.1. The summed E-state index contributed by atoms with van der Waals surface area (Å²) in [6.45, 7) is 8.41. The Labute approximate surface area is 110 Å². The molecule has 1 amide bonds. The van der Waals surface area contributed by atoms with Crippen LogP contribution in [0.4, 0.5) is 5.82 Å². The molecular formula is C14H25N3O. The number of amides is 1. The third kappa shape index (κ3) is 4.17. The molecule has 0 saturated heterocycles. The van der Waals surface area contributed by atoms with Crippen LogP contribution in [0, 0.1) is 5.92 Å². The molecular weight excluding hydrogens is 226 g/mol. The van der Waals surface area contributed by atoms with E-state index in [4.69, 9.17) is 0 Å². The van der Waals surface area contributed by atoms with Crippen LogP contribution < -0.4 is 5.32 Å². The monoisotopic (exact) mass is 251 g/mol. The highest BCUT2D eigenvalue weighted by Crippen LogP contribution is 2.18. The molecule has 102 valence electrons. The highest BCUT2D eigenvalue weighted by Gasteiger charge is 2.17. The molecule has 0 spiro atoms. The van der Waals surface area contributed by atoms with Crippen LogP contribution >= 0.6 is 0 Å². The molecule has 0 aliphatic carbocycles. The van der Waals surface area contributed by atoms with Gasteiger partial charge in [-0.1, -0.05) is 40.5 Å². The molecule has 1 aromatic rings. The number of anilines is 1. The summed E-state index contributed by atoms with van der Waals surface area (Å²) in [6, 6.07) is 1.91. The van der Waals surface area contributed by atoms with Crippen LogP contribution in [-0.2, 0) is 4.79 Å². The van der Waals surface area contributed by atoms with Crippen molar-refractivity contribution >= 4 is 11.7 Å². The van der Waals surface area contributed by atoms with Gasteiger partial charge in [-0.2, -0.15) is 5.10 Å². The molecule has 0 saturated carbocycles. The number of hydrogen-bond donors (Lipinski definition) is 2. The van der Waals surface area contributed by atoms with Crippen molar-refractivity contribution in [3.05, 3.63) is 11.8 Å². The minimum Gasteiger partial charge on any atom is -0.309 e. The number of carbonyl (C=O) groups excluding carboxylic acids is 1. The second kappa shape index (κ2) is 7.19. The fraction of sp³-hybridized carbons (Fsp3) is 0.714. The van der Waals surface area contributed by atoms with Crippen LogP contribution in [0.5, 0.6) is 0 Å². The molecule has 4 nitrogen and oxygen atoms in total. The molecule has 0 fully saturated rings. The van der Waals surface area contributed by atoms with Crippen LogP contribution in [0.15, 0.2) is 6.07 Å². The minimum atomic E-state index is 0.0977. The number of aromatic amines is 1. The normalized spacial score (nSPS) is 11.2. The Morgan fingerprint density at radius 1 is 1.33 bits per heavy atom. The molecule has 1 rings (SSSR count). The Hall–Kier alpha value is -1.32. The van der Waals surface area contributed by atoms with E-state index in [1.54, 1.807) is 0 Å². The summed E-state index contributed by atoms with van der Waals surface area (Å²) in [7, 11) is 0. The molecule has 1 heterocycles. The number of rotatable bonds is 7. The third-order valence-electron chi connectivity index (χ3n) is 3.12. The predicted molar refractivity (Wildman–Crippen MR) is 74.6 cm³/mol. The zero-order chi connectivity index (χ0) is 13.5. The van der Waals surface area contributed by atoms with E-state index in [-0.39, 0.29) is 11.8 Å². The summed E-state index contributed by atoms with van der Waals surface area (Å²) in [5.41, 5.74) is 1.05. The minimum absolute atomic E-state index is 0.0977. The van der Waals surface area contributed by atoms with E-state index in [1.807, 2.05) is 6.07 Å². The van der Waals surface area contributed by atoms with E-state index in [0.29, 0.717) is 11.7 Å². The van der Waals surface area contributed by atoms with Crippen molar-refractivity contribution in [2.45, 2.75) is 59.3 Å².